The Morgan fingerprint density at radius 1 is 1.05 bits per heavy atom. The third kappa shape index (κ3) is 3.25. The van der Waals surface area contributed by atoms with Crippen molar-refractivity contribution < 1.29 is 9.53 Å². The van der Waals surface area contributed by atoms with Gasteiger partial charge in [-0.15, -0.1) is 0 Å². The maximum Gasteiger partial charge on any atom is 0.325 e. The van der Waals surface area contributed by atoms with Gasteiger partial charge in [-0.2, -0.15) is 0 Å². The SMILES string of the molecule is COC(=O)CN(c1ccccc1)c1ccc(N)cc1. The van der Waals surface area contributed by atoms with Gasteiger partial charge in [-0.3, -0.25) is 4.79 Å². The number of hydrogen-bond acceptors (Lipinski definition) is 4. The molecule has 4 nitrogen and oxygen atoms in total. The number of rotatable bonds is 4. The molecule has 0 fully saturated rings. The summed E-state index contributed by atoms with van der Waals surface area (Å²) in [7, 11) is 1.38. The number of carbonyl (C=O) groups excluding carboxylic acids is 1. The quantitative estimate of drug-likeness (QED) is 0.674. The predicted molar refractivity (Wildman–Crippen MR) is 76.3 cm³/mol. The molecule has 0 amide bonds. The van der Waals surface area contributed by atoms with Crippen molar-refractivity contribution in [1.29, 1.82) is 0 Å². The van der Waals surface area contributed by atoms with E-state index in [9.17, 15) is 4.79 Å². The monoisotopic (exact) mass is 256 g/mol. The highest BCUT2D eigenvalue weighted by molar-refractivity contribution is 5.80. The second-order valence-electron chi connectivity index (χ2n) is 4.09. The summed E-state index contributed by atoms with van der Waals surface area (Å²) in [4.78, 5) is 13.4. The average Bonchev–Trinajstić information content (AvgIpc) is 2.46. The van der Waals surface area contributed by atoms with Crippen LogP contribution in [0.1, 0.15) is 0 Å². The first kappa shape index (κ1) is 13.0. The van der Waals surface area contributed by atoms with E-state index in [0.717, 1.165) is 11.4 Å². The number of methoxy groups -OCH3 is 1. The van der Waals surface area contributed by atoms with E-state index >= 15 is 0 Å². The van der Waals surface area contributed by atoms with Crippen LogP contribution in [0.2, 0.25) is 0 Å². The van der Waals surface area contributed by atoms with Gasteiger partial charge in [-0.05, 0) is 36.4 Å². The minimum atomic E-state index is -0.291. The number of hydrogen-bond donors (Lipinski definition) is 1. The number of esters is 1. The maximum atomic E-state index is 11.5. The molecule has 0 unspecified atom stereocenters. The molecule has 2 aromatic rings. The number of para-hydroxylation sites is 1. The van der Waals surface area contributed by atoms with Crippen molar-refractivity contribution in [2.24, 2.45) is 0 Å². The van der Waals surface area contributed by atoms with E-state index in [1.807, 2.05) is 59.5 Å². The number of nitrogens with zero attached hydrogens (tertiary/aromatic N) is 1. The minimum Gasteiger partial charge on any atom is -0.468 e. The van der Waals surface area contributed by atoms with Crippen LogP contribution in [-0.2, 0) is 9.53 Å². The first-order chi connectivity index (χ1) is 9.20. The third-order valence-corrected chi connectivity index (χ3v) is 2.79. The van der Waals surface area contributed by atoms with Crippen molar-refractivity contribution in [2.45, 2.75) is 0 Å². The lowest BCUT2D eigenvalue weighted by molar-refractivity contribution is -0.138. The standard InChI is InChI=1S/C15H16N2O2/c1-19-15(18)11-17(13-5-3-2-4-6-13)14-9-7-12(16)8-10-14/h2-10H,11,16H2,1H3. The molecule has 0 saturated heterocycles. The van der Waals surface area contributed by atoms with Gasteiger partial charge in [0.25, 0.3) is 0 Å². The van der Waals surface area contributed by atoms with Gasteiger partial charge in [0.05, 0.1) is 7.11 Å². The summed E-state index contributed by atoms with van der Waals surface area (Å²) in [5, 5.41) is 0. The molecular weight excluding hydrogens is 240 g/mol. The van der Waals surface area contributed by atoms with Gasteiger partial charge in [0.1, 0.15) is 6.54 Å². The Hall–Kier alpha value is -2.49. The van der Waals surface area contributed by atoms with Crippen LogP contribution in [0.4, 0.5) is 17.1 Å². The highest BCUT2D eigenvalue weighted by Crippen LogP contribution is 2.25. The lowest BCUT2D eigenvalue weighted by Gasteiger charge is -2.23. The molecule has 19 heavy (non-hydrogen) atoms. The van der Waals surface area contributed by atoms with E-state index in [1.165, 1.54) is 7.11 Å². The molecule has 0 radical (unpaired) electrons. The first-order valence-electron chi connectivity index (χ1n) is 5.95. The van der Waals surface area contributed by atoms with Crippen molar-refractivity contribution in [3.8, 4) is 0 Å². The summed E-state index contributed by atoms with van der Waals surface area (Å²) < 4.78 is 4.74. The fourth-order valence-corrected chi connectivity index (χ4v) is 1.79. The van der Waals surface area contributed by atoms with Crippen LogP contribution in [0, 0.1) is 0 Å². The number of carbonyl (C=O) groups is 1. The lowest BCUT2D eigenvalue weighted by atomic mass is 10.2. The van der Waals surface area contributed by atoms with Crippen molar-refractivity contribution in [1.82, 2.24) is 0 Å². The Kier molecular flexibility index (Phi) is 4.03. The van der Waals surface area contributed by atoms with Crippen molar-refractivity contribution in [3.05, 3.63) is 54.6 Å². The molecular formula is C15H16N2O2. The topological polar surface area (TPSA) is 55.6 Å². The Bertz CT molecular complexity index is 538. The predicted octanol–water partition coefficient (Wildman–Crippen LogP) is 2.58. The summed E-state index contributed by atoms with van der Waals surface area (Å²) in [6.07, 6.45) is 0. The second-order valence-corrected chi connectivity index (χ2v) is 4.09. The van der Waals surface area contributed by atoms with Crippen LogP contribution in [0.25, 0.3) is 0 Å². The number of anilines is 3. The zero-order valence-electron chi connectivity index (χ0n) is 10.7. The Balaban J connectivity index is 2.34. The molecule has 0 spiro atoms. The summed E-state index contributed by atoms with van der Waals surface area (Å²) in [6.45, 7) is 0.157. The molecule has 98 valence electrons. The van der Waals surface area contributed by atoms with Crippen LogP contribution in [0.15, 0.2) is 54.6 Å². The summed E-state index contributed by atoms with van der Waals surface area (Å²) in [5.74, 6) is -0.291. The van der Waals surface area contributed by atoms with Crippen LogP contribution >= 0.6 is 0 Å². The highest BCUT2D eigenvalue weighted by Gasteiger charge is 2.13. The summed E-state index contributed by atoms with van der Waals surface area (Å²) in [5.41, 5.74) is 8.20. The Morgan fingerprint density at radius 3 is 2.21 bits per heavy atom. The van der Waals surface area contributed by atoms with Crippen molar-refractivity contribution in [3.63, 3.8) is 0 Å². The number of nitrogen functional groups attached to an aromatic ring is 1. The van der Waals surface area contributed by atoms with Gasteiger partial charge in [0, 0.05) is 17.1 Å². The molecule has 2 aromatic carbocycles. The number of benzene rings is 2. The van der Waals surface area contributed by atoms with E-state index < -0.39 is 0 Å². The molecule has 2 N–H and O–H groups in total. The maximum absolute atomic E-state index is 11.5. The molecule has 0 aliphatic rings. The van der Waals surface area contributed by atoms with E-state index in [0.29, 0.717) is 5.69 Å². The zero-order chi connectivity index (χ0) is 13.7. The fraction of sp³-hybridized carbons (Fsp3) is 0.133. The van der Waals surface area contributed by atoms with Crippen LogP contribution < -0.4 is 10.6 Å². The summed E-state index contributed by atoms with van der Waals surface area (Å²) in [6, 6.07) is 17.1. The van der Waals surface area contributed by atoms with Gasteiger partial charge < -0.3 is 15.4 Å². The fourth-order valence-electron chi connectivity index (χ4n) is 1.79. The van der Waals surface area contributed by atoms with Crippen molar-refractivity contribution in [2.75, 3.05) is 24.3 Å². The molecule has 4 heteroatoms. The van der Waals surface area contributed by atoms with Gasteiger partial charge in [0.2, 0.25) is 0 Å². The average molecular weight is 256 g/mol. The molecule has 0 aromatic heterocycles. The normalized spacial score (nSPS) is 9.95. The van der Waals surface area contributed by atoms with Gasteiger partial charge in [-0.25, -0.2) is 0 Å². The lowest BCUT2D eigenvalue weighted by Crippen LogP contribution is -2.26. The molecule has 0 saturated carbocycles. The van der Waals surface area contributed by atoms with Crippen molar-refractivity contribution >= 4 is 23.0 Å². The van der Waals surface area contributed by atoms with E-state index in [-0.39, 0.29) is 12.5 Å². The number of ether oxygens (including phenoxy) is 1. The molecule has 0 bridgehead atoms. The number of nitrogens with two attached hydrogens (primary N) is 1. The summed E-state index contributed by atoms with van der Waals surface area (Å²) >= 11 is 0. The van der Waals surface area contributed by atoms with Gasteiger partial charge in [-0.1, -0.05) is 18.2 Å². The molecule has 0 aliphatic carbocycles. The van der Waals surface area contributed by atoms with E-state index in [1.54, 1.807) is 0 Å². The van der Waals surface area contributed by atoms with Gasteiger partial charge >= 0.3 is 5.97 Å². The molecule has 2 rings (SSSR count). The smallest absolute Gasteiger partial charge is 0.325 e. The molecule has 0 heterocycles. The second kappa shape index (κ2) is 5.91. The van der Waals surface area contributed by atoms with Gasteiger partial charge in [0.15, 0.2) is 0 Å². The van der Waals surface area contributed by atoms with Crippen LogP contribution in [0.3, 0.4) is 0 Å². The minimum absolute atomic E-state index is 0.157. The molecule has 0 atom stereocenters. The first-order valence-corrected chi connectivity index (χ1v) is 5.95. The Morgan fingerprint density at radius 2 is 1.63 bits per heavy atom. The third-order valence-electron chi connectivity index (χ3n) is 2.79. The van der Waals surface area contributed by atoms with E-state index in [4.69, 9.17) is 10.5 Å². The highest BCUT2D eigenvalue weighted by atomic mass is 16.5. The van der Waals surface area contributed by atoms with E-state index in [2.05, 4.69) is 0 Å². The Labute approximate surface area is 112 Å². The molecule has 0 aliphatic heterocycles. The van der Waals surface area contributed by atoms with Crippen LogP contribution in [-0.4, -0.2) is 19.6 Å². The van der Waals surface area contributed by atoms with Crippen LogP contribution in [0.5, 0.6) is 0 Å². The largest absolute Gasteiger partial charge is 0.468 e. The zero-order valence-corrected chi connectivity index (χ0v) is 10.7.